The van der Waals surface area contributed by atoms with E-state index >= 15 is 0 Å². The summed E-state index contributed by atoms with van der Waals surface area (Å²) in [6, 6.07) is 17.4. The fraction of sp³-hybridized carbons (Fsp3) is 0.176. The first-order valence-electron chi connectivity index (χ1n) is 6.89. The molecule has 0 aliphatic rings. The molecule has 0 spiro atoms. The SMILES string of the molecule is N#Cc1ccc(OCCCn2cnc3ccccc32)cc1. The van der Waals surface area contributed by atoms with Gasteiger partial charge in [-0.05, 0) is 42.8 Å². The molecule has 0 aliphatic carbocycles. The Hall–Kier alpha value is -2.80. The number of nitrogens with zero attached hydrogens (tertiary/aromatic N) is 3. The van der Waals surface area contributed by atoms with E-state index in [9.17, 15) is 0 Å². The Morgan fingerprint density at radius 2 is 1.90 bits per heavy atom. The minimum Gasteiger partial charge on any atom is -0.494 e. The molecule has 104 valence electrons. The number of nitriles is 1. The van der Waals surface area contributed by atoms with Crippen molar-refractivity contribution in [2.75, 3.05) is 6.61 Å². The van der Waals surface area contributed by atoms with E-state index in [2.05, 4.69) is 21.7 Å². The fourth-order valence-corrected chi connectivity index (χ4v) is 2.24. The number of fused-ring (bicyclic) bond motifs is 1. The molecule has 0 bridgehead atoms. The Balaban J connectivity index is 1.53. The number of rotatable bonds is 5. The van der Waals surface area contributed by atoms with Gasteiger partial charge in [-0.25, -0.2) is 4.98 Å². The Morgan fingerprint density at radius 1 is 1.10 bits per heavy atom. The maximum Gasteiger partial charge on any atom is 0.119 e. The van der Waals surface area contributed by atoms with Crippen LogP contribution in [0.3, 0.4) is 0 Å². The Labute approximate surface area is 123 Å². The summed E-state index contributed by atoms with van der Waals surface area (Å²) < 4.78 is 7.81. The largest absolute Gasteiger partial charge is 0.494 e. The molecule has 2 aromatic carbocycles. The van der Waals surface area contributed by atoms with Gasteiger partial charge >= 0.3 is 0 Å². The second-order valence-electron chi connectivity index (χ2n) is 4.76. The van der Waals surface area contributed by atoms with Crippen molar-refractivity contribution < 1.29 is 4.74 Å². The zero-order valence-electron chi connectivity index (χ0n) is 11.6. The third-order valence-electron chi connectivity index (χ3n) is 3.32. The Morgan fingerprint density at radius 3 is 2.71 bits per heavy atom. The maximum atomic E-state index is 8.74. The molecule has 3 rings (SSSR count). The van der Waals surface area contributed by atoms with E-state index in [1.54, 1.807) is 12.1 Å². The van der Waals surface area contributed by atoms with Gasteiger partial charge in [0.05, 0.1) is 35.6 Å². The molecular formula is C17H15N3O. The number of imidazole rings is 1. The average Bonchev–Trinajstić information content (AvgIpc) is 2.95. The van der Waals surface area contributed by atoms with Crippen LogP contribution in [0.15, 0.2) is 54.9 Å². The lowest BCUT2D eigenvalue weighted by Crippen LogP contribution is -2.03. The fourth-order valence-electron chi connectivity index (χ4n) is 2.24. The van der Waals surface area contributed by atoms with Crippen LogP contribution in [0.1, 0.15) is 12.0 Å². The number of para-hydroxylation sites is 2. The zero-order chi connectivity index (χ0) is 14.5. The van der Waals surface area contributed by atoms with Crippen molar-refractivity contribution in [2.45, 2.75) is 13.0 Å². The highest BCUT2D eigenvalue weighted by Crippen LogP contribution is 2.14. The first-order valence-corrected chi connectivity index (χ1v) is 6.89. The van der Waals surface area contributed by atoms with Gasteiger partial charge in [-0.3, -0.25) is 0 Å². The molecule has 0 saturated carbocycles. The molecule has 21 heavy (non-hydrogen) atoms. The molecule has 0 unspecified atom stereocenters. The van der Waals surface area contributed by atoms with Crippen molar-refractivity contribution in [1.82, 2.24) is 9.55 Å². The maximum absolute atomic E-state index is 8.74. The second kappa shape index (κ2) is 6.10. The summed E-state index contributed by atoms with van der Waals surface area (Å²) >= 11 is 0. The number of aryl methyl sites for hydroxylation is 1. The lowest BCUT2D eigenvalue weighted by Gasteiger charge is -2.07. The molecule has 4 heteroatoms. The van der Waals surface area contributed by atoms with E-state index < -0.39 is 0 Å². The van der Waals surface area contributed by atoms with E-state index in [4.69, 9.17) is 10.00 Å². The number of benzene rings is 2. The van der Waals surface area contributed by atoms with Gasteiger partial charge in [0, 0.05) is 6.54 Å². The Bertz CT molecular complexity index is 769. The summed E-state index contributed by atoms with van der Waals surface area (Å²) in [6.45, 7) is 1.51. The molecule has 0 saturated heterocycles. The number of hydrogen-bond acceptors (Lipinski definition) is 3. The summed E-state index contributed by atoms with van der Waals surface area (Å²) in [5, 5.41) is 8.74. The van der Waals surface area contributed by atoms with Gasteiger partial charge in [-0.1, -0.05) is 12.1 Å². The van der Waals surface area contributed by atoms with Crippen LogP contribution in [0.2, 0.25) is 0 Å². The van der Waals surface area contributed by atoms with Crippen LogP contribution in [0, 0.1) is 11.3 Å². The number of aromatic nitrogens is 2. The van der Waals surface area contributed by atoms with Gasteiger partial charge in [0.2, 0.25) is 0 Å². The first-order chi connectivity index (χ1) is 10.4. The average molecular weight is 277 g/mol. The van der Waals surface area contributed by atoms with Crippen molar-refractivity contribution in [2.24, 2.45) is 0 Å². The normalized spacial score (nSPS) is 10.4. The van der Waals surface area contributed by atoms with E-state index in [-0.39, 0.29) is 0 Å². The number of hydrogen-bond donors (Lipinski definition) is 0. The lowest BCUT2D eigenvalue weighted by atomic mass is 10.2. The van der Waals surface area contributed by atoms with Crippen LogP contribution in [0.4, 0.5) is 0 Å². The summed E-state index contributed by atoms with van der Waals surface area (Å²) in [5.74, 6) is 0.796. The zero-order valence-corrected chi connectivity index (χ0v) is 11.6. The molecule has 0 fully saturated rings. The molecular weight excluding hydrogens is 262 g/mol. The standard InChI is InChI=1S/C17H15N3O/c18-12-14-6-8-15(9-7-14)21-11-3-10-20-13-19-16-4-1-2-5-17(16)20/h1-2,4-9,13H,3,10-11H2. The third-order valence-corrected chi connectivity index (χ3v) is 3.32. The van der Waals surface area contributed by atoms with Gasteiger partial charge in [0.25, 0.3) is 0 Å². The highest BCUT2D eigenvalue weighted by atomic mass is 16.5. The van der Waals surface area contributed by atoms with Crippen LogP contribution in [-0.4, -0.2) is 16.2 Å². The Kier molecular flexibility index (Phi) is 3.83. The molecule has 1 heterocycles. The molecule has 0 amide bonds. The summed E-state index contributed by atoms with van der Waals surface area (Å²) in [5.41, 5.74) is 2.81. The van der Waals surface area contributed by atoms with Gasteiger partial charge in [-0.15, -0.1) is 0 Å². The summed E-state index contributed by atoms with van der Waals surface area (Å²) in [7, 11) is 0. The van der Waals surface area contributed by atoms with Crippen molar-refractivity contribution >= 4 is 11.0 Å². The topological polar surface area (TPSA) is 50.8 Å². The van der Waals surface area contributed by atoms with E-state index in [1.807, 2.05) is 36.7 Å². The summed E-state index contributed by atoms with van der Waals surface area (Å²) in [6.07, 6.45) is 2.77. The third kappa shape index (κ3) is 3.03. The molecule has 4 nitrogen and oxygen atoms in total. The molecule has 1 aromatic heterocycles. The quantitative estimate of drug-likeness (QED) is 0.672. The predicted octanol–water partition coefficient (Wildman–Crippen LogP) is 3.38. The van der Waals surface area contributed by atoms with Crippen molar-refractivity contribution in [3.63, 3.8) is 0 Å². The van der Waals surface area contributed by atoms with E-state index in [0.717, 1.165) is 29.7 Å². The molecule has 0 N–H and O–H groups in total. The molecule has 0 aliphatic heterocycles. The van der Waals surface area contributed by atoms with Crippen LogP contribution in [0.25, 0.3) is 11.0 Å². The van der Waals surface area contributed by atoms with Crippen molar-refractivity contribution in [3.05, 3.63) is 60.4 Å². The van der Waals surface area contributed by atoms with Crippen molar-refractivity contribution in [3.8, 4) is 11.8 Å². The molecule has 0 radical (unpaired) electrons. The van der Waals surface area contributed by atoms with Crippen LogP contribution >= 0.6 is 0 Å². The molecule has 3 aromatic rings. The van der Waals surface area contributed by atoms with Gasteiger partial charge in [0.1, 0.15) is 5.75 Å². The van der Waals surface area contributed by atoms with E-state index in [0.29, 0.717) is 12.2 Å². The van der Waals surface area contributed by atoms with Gasteiger partial charge in [-0.2, -0.15) is 5.26 Å². The lowest BCUT2D eigenvalue weighted by molar-refractivity contribution is 0.302. The second-order valence-corrected chi connectivity index (χ2v) is 4.76. The van der Waals surface area contributed by atoms with E-state index in [1.165, 1.54) is 0 Å². The van der Waals surface area contributed by atoms with Crippen LogP contribution in [0.5, 0.6) is 5.75 Å². The number of ether oxygens (including phenoxy) is 1. The predicted molar refractivity (Wildman–Crippen MR) is 81.0 cm³/mol. The monoisotopic (exact) mass is 277 g/mol. The first kappa shape index (κ1) is 13.2. The van der Waals surface area contributed by atoms with Gasteiger partial charge < -0.3 is 9.30 Å². The van der Waals surface area contributed by atoms with Crippen molar-refractivity contribution in [1.29, 1.82) is 5.26 Å². The molecule has 0 atom stereocenters. The van der Waals surface area contributed by atoms with Crippen LogP contribution < -0.4 is 4.74 Å². The highest BCUT2D eigenvalue weighted by Gasteiger charge is 2.01. The highest BCUT2D eigenvalue weighted by molar-refractivity contribution is 5.74. The summed E-state index contributed by atoms with van der Waals surface area (Å²) in [4.78, 5) is 4.37. The minimum absolute atomic E-state index is 0.637. The van der Waals surface area contributed by atoms with Crippen LogP contribution in [-0.2, 0) is 6.54 Å². The minimum atomic E-state index is 0.637. The smallest absolute Gasteiger partial charge is 0.119 e. The van der Waals surface area contributed by atoms with Gasteiger partial charge in [0.15, 0.2) is 0 Å².